The third-order valence-electron chi connectivity index (χ3n) is 6.02. The Hall–Kier alpha value is -2.73. The Labute approximate surface area is 232 Å². The van der Waals surface area contributed by atoms with Crippen LogP contribution in [0.15, 0.2) is 23.8 Å². The molecule has 40 heavy (non-hydrogen) atoms. The standard InChI is InChI=1S/C22H30N7O9PS/c1-12-17(31)14(13(6-25-12)9-37-39(34,35)36)7-23-2-4-40-5-3-24-20-16-21(27-10-26-20)29(11-28-16)22-19(33)18(32)15(8-30)38-22/h6-7,10-11,15,18-19,22,30-33H,2-5,8-9H2,1H3,(H,24,26,27)(H2,34,35,36). The molecule has 0 aliphatic carbocycles. The van der Waals surface area contributed by atoms with Crippen molar-refractivity contribution in [3.8, 4) is 5.75 Å². The lowest BCUT2D eigenvalue weighted by molar-refractivity contribution is -0.0511. The van der Waals surface area contributed by atoms with Gasteiger partial charge in [0, 0.05) is 48.1 Å². The number of aromatic nitrogens is 5. The van der Waals surface area contributed by atoms with Crippen molar-refractivity contribution in [2.24, 2.45) is 4.99 Å². The Balaban J connectivity index is 1.27. The van der Waals surface area contributed by atoms with Crippen LogP contribution < -0.4 is 5.32 Å². The average Bonchev–Trinajstić information content (AvgIpc) is 3.47. The molecule has 1 aliphatic rings. The molecule has 0 amide bonds. The SMILES string of the molecule is Cc1ncc(COP(=O)(O)O)c(C=NCCSCCNc2ncnc3c2ncn3C2OC(CO)C(O)C2O)c1O. The second-order valence-corrected chi connectivity index (χ2v) is 11.2. The van der Waals surface area contributed by atoms with E-state index in [1.54, 1.807) is 18.7 Å². The first-order valence-corrected chi connectivity index (χ1v) is 14.8. The summed E-state index contributed by atoms with van der Waals surface area (Å²) in [6.07, 6.45) is 1.22. The molecular formula is C22H30N7O9PS. The second-order valence-electron chi connectivity index (χ2n) is 8.74. The van der Waals surface area contributed by atoms with Crippen molar-refractivity contribution in [2.45, 2.75) is 38.1 Å². The van der Waals surface area contributed by atoms with Crippen LogP contribution in [0.25, 0.3) is 11.2 Å². The lowest BCUT2D eigenvalue weighted by atomic mass is 10.1. The number of rotatable bonds is 13. The van der Waals surface area contributed by atoms with E-state index < -0.39 is 45.6 Å². The van der Waals surface area contributed by atoms with Gasteiger partial charge >= 0.3 is 7.82 Å². The van der Waals surface area contributed by atoms with E-state index in [0.717, 1.165) is 0 Å². The summed E-state index contributed by atoms with van der Waals surface area (Å²) in [5.41, 5.74) is 1.79. The minimum Gasteiger partial charge on any atom is -0.505 e. The van der Waals surface area contributed by atoms with Crippen LogP contribution in [0.1, 0.15) is 23.0 Å². The van der Waals surface area contributed by atoms with Crippen molar-refractivity contribution < 1.29 is 44.0 Å². The van der Waals surface area contributed by atoms with Gasteiger partial charge in [0.1, 0.15) is 30.4 Å². The largest absolute Gasteiger partial charge is 0.505 e. The Morgan fingerprint density at radius 3 is 2.75 bits per heavy atom. The Bertz CT molecular complexity index is 1390. The summed E-state index contributed by atoms with van der Waals surface area (Å²) < 4.78 is 22.6. The van der Waals surface area contributed by atoms with E-state index >= 15 is 0 Å². The Morgan fingerprint density at radius 2 is 2.02 bits per heavy atom. The fourth-order valence-corrected chi connectivity index (χ4v) is 4.95. The third-order valence-corrected chi connectivity index (χ3v) is 7.45. The molecule has 0 aromatic carbocycles. The van der Waals surface area contributed by atoms with Crippen molar-refractivity contribution in [3.63, 3.8) is 0 Å². The molecule has 4 unspecified atom stereocenters. The Morgan fingerprint density at radius 1 is 1.23 bits per heavy atom. The van der Waals surface area contributed by atoms with E-state index in [2.05, 4.69) is 34.8 Å². The summed E-state index contributed by atoms with van der Waals surface area (Å²) in [5.74, 6) is 1.72. The smallest absolute Gasteiger partial charge is 0.469 e. The van der Waals surface area contributed by atoms with Gasteiger partial charge in [-0.3, -0.25) is 19.1 Å². The van der Waals surface area contributed by atoms with Crippen LogP contribution in [0.3, 0.4) is 0 Å². The summed E-state index contributed by atoms with van der Waals surface area (Å²) in [6.45, 7) is 1.71. The van der Waals surface area contributed by atoms with E-state index in [0.29, 0.717) is 52.8 Å². The minimum atomic E-state index is -4.68. The average molecular weight is 600 g/mol. The van der Waals surface area contributed by atoms with Crippen LogP contribution in [0.4, 0.5) is 5.82 Å². The van der Waals surface area contributed by atoms with Gasteiger partial charge in [-0.1, -0.05) is 0 Å². The number of nitrogens with zero attached hydrogens (tertiary/aromatic N) is 6. The summed E-state index contributed by atoms with van der Waals surface area (Å²) >= 11 is 1.61. The molecule has 0 radical (unpaired) electrons. The molecule has 0 spiro atoms. The van der Waals surface area contributed by atoms with Gasteiger partial charge < -0.3 is 40.3 Å². The highest BCUT2D eigenvalue weighted by Crippen LogP contribution is 2.38. The maximum Gasteiger partial charge on any atom is 0.469 e. The molecule has 4 atom stereocenters. The van der Waals surface area contributed by atoms with Crippen molar-refractivity contribution >= 4 is 42.8 Å². The van der Waals surface area contributed by atoms with Gasteiger partial charge in [-0.05, 0) is 6.92 Å². The summed E-state index contributed by atoms with van der Waals surface area (Å²) in [4.78, 5) is 39.0. The summed E-state index contributed by atoms with van der Waals surface area (Å²) in [7, 11) is -4.68. The fraction of sp³-hybridized carbons (Fsp3) is 0.500. The zero-order chi connectivity index (χ0) is 28.9. The first-order chi connectivity index (χ1) is 19.1. The van der Waals surface area contributed by atoms with Gasteiger partial charge in [0.15, 0.2) is 23.2 Å². The van der Waals surface area contributed by atoms with Crippen molar-refractivity contribution in [1.82, 2.24) is 24.5 Å². The second kappa shape index (κ2) is 13.3. The molecule has 0 bridgehead atoms. The molecule has 3 aromatic rings. The molecule has 4 heterocycles. The molecule has 218 valence electrons. The Kier molecular flexibility index (Phi) is 10.0. The zero-order valence-corrected chi connectivity index (χ0v) is 23.0. The third kappa shape index (κ3) is 7.12. The highest BCUT2D eigenvalue weighted by molar-refractivity contribution is 7.99. The number of hydrogen-bond acceptors (Lipinski definition) is 14. The lowest BCUT2D eigenvalue weighted by Crippen LogP contribution is -2.33. The molecule has 0 saturated carbocycles. The molecule has 7 N–H and O–H groups in total. The van der Waals surface area contributed by atoms with Crippen LogP contribution in [-0.4, -0.2) is 110 Å². The summed E-state index contributed by atoms with van der Waals surface area (Å²) in [6, 6.07) is 0. The predicted molar refractivity (Wildman–Crippen MR) is 144 cm³/mol. The number of aromatic hydroxyl groups is 1. The highest BCUT2D eigenvalue weighted by Gasteiger charge is 2.44. The molecular weight excluding hydrogens is 569 g/mol. The number of fused-ring (bicyclic) bond motifs is 1. The van der Waals surface area contributed by atoms with E-state index in [-0.39, 0.29) is 11.3 Å². The van der Waals surface area contributed by atoms with Crippen molar-refractivity contribution in [1.29, 1.82) is 0 Å². The van der Waals surface area contributed by atoms with Crippen LogP contribution in [-0.2, 0) is 20.4 Å². The quantitative estimate of drug-likeness (QED) is 0.0760. The molecule has 18 heteroatoms. The molecule has 1 aliphatic heterocycles. The zero-order valence-electron chi connectivity index (χ0n) is 21.3. The number of imidazole rings is 1. The van der Waals surface area contributed by atoms with Gasteiger partial charge in [-0.25, -0.2) is 19.5 Å². The number of phosphoric ester groups is 1. The summed E-state index contributed by atoms with van der Waals surface area (Å²) in [5, 5.41) is 43.2. The molecule has 1 fully saturated rings. The van der Waals surface area contributed by atoms with Crippen LogP contribution in [0.2, 0.25) is 0 Å². The van der Waals surface area contributed by atoms with Gasteiger partial charge in [0.25, 0.3) is 0 Å². The van der Waals surface area contributed by atoms with Gasteiger partial charge in [0.2, 0.25) is 0 Å². The first-order valence-electron chi connectivity index (χ1n) is 12.1. The highest BCUT2D eigenvalue weighted by atomic mass is 32.2. The number of anilines is 1. The van der Waals surface area contributed by atoms with Crippen molar-refractivity contribution in [2.75, 3.05) is 36.5 Å². The molecule has 1 saturated heterocycles. The van der Waals surface area contributed by atoms with Crippen molar-refractivity contribution in [3.05, 3.63) is 35.7 Å². The van der Waals surface area contributed by atoms with Crippen LogP contribution in [0, 0.1) is 6.92 Å². The number of ether oxygens (including phenoxy) is 1. The number of nitrogens with one attached hydrogen (secondary N) is 1. The van der Waals surface area contributed by atoms with E-state index in [1.807, 2.05) is 0 Å². The van der Waals surface area contributed by atoms with Gasteiger partial charge in [0.05, 0.1) is 25.2 Å². The topological polar surface area (TPSA) is 238 Å². The monoisotopic (exact) mass is 599 g/mol. The molecule has 4 rings (SSSR count). The minimum absolute atomic E-state index is 0.135. The van der Waals surface area contributed by atoms with Gasteiger partial charge in [-0.15, -0.1) is 0 Å². The van der Waals surface area contributed by atoms with Crippen LogP contribution in [0.5, 0.6) is 5.75 Å². The first kappa shape index (κ1) is 30.2. The molecule has 3 aromatic heterocycles. The lowest BCUT2D eigenvalue weighted by Gasteiger charge is -2.16. The van der Waals surface area contributed by atoms with E-state index in [1.165, 1.54) is 29.6 Å². The number of aliphatic hydroxyl groups excluding tert-OH is 3. The predicted octanol–water partition coefficient (Wildman–Crippen LogP) is -0.280. The maximum absolute atomic E-state index is 11.0. The van der Waals surface area contributed by atoms with E-state index in [9.17, 15) is 25.0 Å². The normalized spacial score (nSPS) is 21.6. The number of aryl methyl sites for hydroxylation is 1. The van der Waals surface area contributed by atoms with E-state index in [4.69, 9.17) is 14.5 Å². The molecule has 16 nitrogen and oxygen atoms in total. The number of phosphoric acid groups is 1. The number of hydrogen-bond donors (Lipinski definition) is 7. The maximum atomic E-state index is 11.0. The number of aliphatic imine (C=N–C) groups is 1. The number of pyridine rings is 1. The number of aliphatic hydroxyl groups is 3. The fourth-order valence-electron chi connectivity index (χ4n) is 3.96. The number of thioether (sulfide) groups is 1. The van der Waals surface area contributed by atoms with Crippen LogP contribution >= 0.6 is 19.6 Å². The van der Waals surface area contributed by atoms with Gasteiger partial charge in [-0.2, -0.15) is 11.8 Å².